The zero-order valence-corrected chi connectivity index (χ0v) is 11.1. The number of halogens is 1. The molecule has 3 rings (SSSR count). The molecule has 1 aromatic carbocycles. The predicted molar refractivity (Wildman–Crippen MR) is 71.7 cm³/mol. The number of ether oxygens (including phenoxy) is 2. The molecule has 1 N–H and O–H groups in total. The van der Waals surface area contributed by atoms with E-state index in [2.05, 4.69) is 15.3 Å². The van der Waals surface area contributed by atoms with Crippen LogP contribution in [0.3, 0.4) is 0 Å². The van der Waals surface area contributed by atoms with Gasteiger partial charge in [-0.1, -0.05) is 12.1 Å². The van der Waals surface area contributed by atoms with Gasteiger partial charge in [0.05, 0.1) is 0 Å². The van der Waals surface area contributed by atoms with Crippen molar-refractivity contribution in [2.45, 2.75) is 13.5 Å². The molecule has 19 heavy (non-hydrogen) atoms. The van der Waals surface area contributed by atoms with Gasteiger partial charge in [0.2, 0.25) is 12.1 Å². The second-order valence-corrected chi connectivity index (χ2v) is 4.51. The van der Waals surface area contributed by atoms with Crippen molar-refractivity contribution < 1.29 is 9.47 Å². The van der Waals surface area contributed by atoms with Gasteiger partial charge < -0.3 is 14.8 Å². The molecule has 0 radical (unpaired) electrons. The Morgan fingerprint density at radius 1 is 1.32 bits per heavy atom. The number of aryl methyl sites for hydroxylation is 1. The smallest absolute Gasteiger partial charge is 0.231 e. The van der Waals surface area contributed by atoms with Gasteiger partial charge in [-0.05, 0) is 24.6 Å². The highest BCUT2D eigenvalue weighted by Gasteiger charge is 2.16. The summed E-state index contributed by atoms with van der Waals surface area (Å²) in [5.74, 6) is 2.25. The van der Waals surface area contributed by atoms with E-state index in [4.69, 9.17) is 21.1 Å². The van der Waals surface area contributed by atoms with Crippen LogP contribution in [0.15, 0.2) is 24.3 Å². The topological polar surface area (TPSA) is 56.3 Å². The molecule has 2 aromatic rings. The summed E-state index contributed by atoms with van der Waals surface area (Å²) < 4.78 is 10.8. The number of rotatable bonds is 3. The van der Waals surface area contributed by atoms with Gasteiger partial charge in [-0.2, -0.15) is 0 Å². The largest absolute Gasteiger partial charge is 0.454 e. The van der Waals surface area contributed by atoms with Gasteiger partial charge in [-0.15, -0.1) is 0 Å². The van der Waals surface area contributed by atoms with Crippen LogP contribution in [0, 0.1) is 6.92 Å². The predicted octanol–water partition coefficient (Wildman–Crippen LogP) is 2.78. The van der Waals surface area contributed by atoms with Crippen LogP contribution in [0.2, 0.25) is 5.28 Å². The Kier molecular flexibility index (Phi) is 3.13. The van der Waals surface area contributed by atoms with E-state index in [0.29, 0.717) is 12.4 Å². The van der Waals surface area contributed by atoms with E-state index in [1.807, 2.05) is 31.2 Å². The molecular weight excluding hydrogens is 266 g/mol. The molecule has 0 fully saturated rings. The highest BCUT2D eigenvalue weighted by Crippen LogP contribution is 2.35. The zero-order chi connectivity index (χ0) is 13.2. The van der Waals surface area contributed by atoms with Gasteiger partial charge in [0.25, 0.3) is 0 Å². The van der Waals surface area contributed by atoms with Crippen molar-refractivity contribution in [1.29, 1.82) is 0 Å². The van der Waals surface area contributed by atoms with Crippen molar-refractivity contribution in [2.24, 2.45) is 0 Å². The van der Waals surface area contributed by atoms with E-state index in [-0.39, 0.29) is 12.1 Å². The van der Waals surface area contributed by atoms with Gasteiger partial charge in [0.15, 0.2) is 11.5 Å². The molecule has 0 bridgehead atoms. The van der Waals surface area contributed by atoms with Gasteiger partial charge >= 0.3 is 0 Å². The standard InChI is InChI=1S/C13H12ClN3O2/c1-8-5-11(17-13(14)16-8)15-6-9-3-2-4-10-12(9)19-7-18-10/h2-5H,6-7H2,1H3,(H,15,16,17). The molecule has 0 saturated heterocycles. The lowest BCUT2D eigenvalue weighted by Crippen LogP contribution is -2.04. The van der Waals surface area contributed by atoms with Crippen molar-refractivity contribution in [1.82, 2.24) is 9.97 Å². The molecule has 0 spiro atoms. The first-order valence-corrected chi connectivity index (χ1v) is 6.23. The summed E-state index contributed by atoms with van der Waals surface area (Å²) in [4.78, 5) is 8.13. The van der Waals surface area contributed by atoms with Gasteiger partial charge in [0, 0.05) is 23.9 Å². The van der Waals surface area contributed by atoms with Crippen LogP contribution in [0.1, 0.15) is 11.3 Å². The third-order valence-electron chi connectivity index (χ3n) is 2.77. The van der Waals surface area contributed by atoms with E-state index in [0.717, 1.165) is 22.8 Å². The minimum Gasteiger partial charge on any atom is -0.454 e. The molecular formula is C13H12ClN3O2. The number of hydrogen-bond donors (Lipinski definition) is 1. The Labute approximate surface area is 115 Å². The Bertz CT molecular complexity index is 599. The Balaban J connectivity index is 1.78. The lowest BCUT2D eigenvalue weighted by molar-refractivity contribution is 0.173. The Morgan fingerprint density at radius 2 is 2.21 bits per heavy atom. The lowest BCUT2D eigenvalue weighted by atomic mass is 10.2. The summed E-state index contributed by atoms with van der Waals surface area (Å²) in [6, 6.07) is 7.64. The minimum atomic E-state index is 0.236. The van der Waals surface area contributed by atoms with Crippen molar-refractivity contribution in [3.63, 3.8) is 0 Å². The second kappa shape index (κ2) is 4.93. The number of hydrogen-bond acceptors (Lipinski definition) is 5. The zero-order valence-electron chi connectivity index (χ0n) is 10.3. The average molecular weight is 278 g/mol. The van der Waals surface area contributed by atoms with E-state index in [9.17, 15) is 0 Å². The minimum absolute atomic E-state index is 0.236. The number of benzene rings is 1. The maximum atomic E-state index is 5.82. The van der Waals surface area contributed by atoms with E-state index < -0.39 is 0 Å². The van der Waals surface area contributed by atoms with Crippen molar-refractivity contribution >= 4 is 17.4 Å². The van der Waals surface area contributed by atoms with Crippen LogP contribution in [-0.2, 0) is 6.54 Å². The number of para-hydroxylation sites is 1. The number of anilines is 1. The van der Waals surface area contributed by atoms with Crippen LogP contribution < -0.4 is 14.8 Å². The summed E-state index contributed by atoms with van der Waals surface area (Å²) in [6.45, 7) is 2.72. The van der Waals surface area contributed by atoms with Crippen LogP contribution >= 0.6 is 11.6 Å². The van der Waals surface area contributed by atoms with Crippen LogP contribution in [0.25, 0.3) is 0 Å². The maximum absolute atomic E-state index is 5.82. The molecule has 5 nitrogen and oxygen atoms in total. The fourth-order valence-electron chi connectivity index (χ4n) is 1.94. The number of nitrogens with zero attached hydrogens (tertiary/aromatic N) is 2. The molecule has 0 unspecified atom stereocenters. The average Bonchev–Trinajstić information content (AvgIpc) is 2.83. The quantitative estimate of drug-likeness (QED) is 0.874. The number of aromatic nitrogens is 2. The summed E-state index contributed by atoms with van der Waals surface area (Å²) in [7, 11) is 0. The van der Waals surface area contributed by atoms with Crippen LogP contribution in [0.4, 0.5) is 5.82 Å². The summed E-state index contributed by atoms with van der Waals surface area (Å²) in [5, 5.41) is 3.44. The second-order valence-electron chi connectivity index (χ2n) is 4.17. The number of nitrogens with one attached hydrogen (secondary N) is 1. The Hall–Kier alpha value is -2.01. The molecule has 1 aliphatic rings. The van der Waals surface area contributed by atoms with Crippen molar-refractivity contribution in [2.75, 3.05) is 12.1 Å². The maximum Gasteiger partial charge on any atom is 0.231 e. The molecule has 2 heterocycles. The molecule has 6 heteroatoms. The summed E-state index contributed by atoms with van der Waals surface area (Å²) in [6.07, 6.45) is 0. The molecule has 0 atom stereocenters. The lowest BCUT2D eigenvalue weighted by Gasteiger charge is -2.08. The van der Waals surface area contributed by atoms with Gasteiger partial charge in [0.1, 0.15) is 5.82 Å². The monoisotopic (exact) mass is 277 g/mol. The highest BCUT2D eigenvalue weighted by atomic mass is 35.5. The summed E-state index contributed by atoms with van der Waals surface area (Å²) in [5.41, 5.74) is 1.84. The normalized spacial score (nSPS) is 12.5. The van der Waals surface area contributed by atoms with Crippen molar-refractivity contribution in [3.05, 3.63) is 40.8 Å². The highest BCUT2D eigenvalue weighted by molar-refractivity contribution is 6.28. The van der Waals surface area contributed by atoms with Gasteiger partial charge in [-0.3, -0.25) is 0 Å². The first kappa shape index (κ1) is 12.0. The Morgan fingerprint density at radius 3 is 3.05 bits per heavy atom. The molecule has 0 saturated carbocycles. The third kappa shape index (κ3) is 2.56. The van der Waals surface area contributed by atoms with Crippen LogP contribution in [-0.4, -0.2) is 16.8 Å². The summed E-state index contributed by atoms with van der Waals surface area (Å²) >= 11 is 5.82. The van der Waals surface area contributed by atoms with E-state index in [1.54, 1.807) is 0 Å². The molecule has 1 aliphatic heterocycles. The fraction of sp³-hybridized carbons (Fsp3) is 0.231. The molecule has 98 valence electrons. The first-order valence-electron chi connectivity index (χ1n) is 5.85. The first-order chi connectivity index (χ1) is 9.22. The van der Waals surface area contributed by atoms with E-state index in [1.165, 1.54) is 0 Å². The van der Waals surface area contributed by atoms with E-state index >= 15 is 0 Å². The SMILES string of the molecule is Cc1cc(NCc2cccc3c2OCO3)nc(Cl)n1. The third-order valence-corrected chi connectivity index (χ3v) is 2.93. The van der Waals surface area contributed by atoms with Gasteiger partial charge in [-0.25, -0.2) is 9.97 Å². The van der Waals surface area contributed by atoms with Crippen molar-refractivity contribution in [3.8, 4) is 11.5 Å². The molecule has 1 aromatic heterocycles. The molecule has 0 amide bonds. The molecule has 0 aliphatic carbocycles. The fourth-order valence-corrected chi connectivity index (χ4v) is 2.16. The van der Waals surface area contributed by atoms with Crippen LogP contribution in [0.5, 0.6) is 11.5 Å². The number of fused-ring (bicyclic) bond motifs is 1.